The van der Waals surface area contributed by atoms with Crippen molar-refractivity contribution in [1.29, 1.82) is 0 Å². The first-order valence-corrected chi connectivity index (χ1v) is 13.6. The van der Waals surface area contributed by atoms with Gasteiger partial charge in [-0.25, -0.2) is 9.97 Å². The smallest absolute Gasteiger partial charge is 0.262 e. The highest BCUT2D eigenvalue weighted by atomic mass is 32.2. The van der Waals surface area contributed by atoms with E-state index in [2.05, 4.69) is 10.3 Å². The van der Waals surface area contributed by atoms with Gasteiger partial charge in [0.2, 0.25) is 5.91 Å². The van der Waals surface area contributed by atoms with Gasteiger partial charge in [0, 0.05) is 28.7 Å². The summed E-state index contributed by atoms with van der Waals surface area (Å²) in [5.41, 5.74) is 4.02. The molecule has 0 radical (unpaired) electrons. The minimum atomic E-state index is -0.0750. The van der Waals surface area contributed by atoms with E-state index in [0.29, 0.717) is 10.9 Å². The Hall–Kier alpha value is -2.49. The van der Waals surface area contributed by atoms with Crippen LogP contribution in [0.2, 0.25) is 0 Å². The quantitative estimate of drug-likeness (QED) is 0.296. The van der Waals surface area contributed by atoms with Crippen molar-refractivity contribution in [3.05, 3.63) is 66.7 Å². The van der Waals surface area contributed by atoms with E-state index < -0.39 is 0 Å². The zero-order valence-corrected chi connectivity index (χ0v) is 21.0. The van der Waals surface area contributed by atoms with Crippen molar-refractivity contribution in [3.8, 4) is 0 Å². The van der Waals surface area contributed by atoms with Crippen LogP contribution in [0.3, 0.4) is 0 Å². The topological polar surface area (TPSA) is 76.9 Å². The maximum Gasteiger partial charge on any atom is 0.262 e. The highest BCUT2D eigenvalue weighted by Crippen LogP contribution is 2.35. The van der Waals surface area contributed by atoms with Gasteiger partial charge in [0.1, 0.15) is 9.84 Å². The molecule has 170 valence electrons. The van der Waals surface area contributed by atoms with E-state index >= 15 is 0 Å². The summed E-state index contributed by atoms with van der Waals surface area (Å²) < 4.78 is 1.66. The van der Waals surface area contributed by atoms with Crippen molar-refractivity contribution in [2.24, 2.45) is 7.05 Å². The number of hydrogen-bond acceptors (Lipinski definition) is 7. The second-order valence-corrected chi connectivity index (χ2v) is 11.2. The van der Waals surface area contributed by atoms with Crippen molar-refractivity contribution in [2.45, 2.75) is 49.9 Å². The summed E-state index contributed by atoms with van der Waals surface area (Å²) in [5, 5.41) is 7.23. The summed E-state index contributed by atoms with van der Waals surface area (Å²) in [6.07, 6.45) is 4.62. The highest BCUT2D eigenvalue weighted by Gasteiger charge is 2.21. The van der Waals surface area contributed by atoms with Gasteiger partial charge < -0.3 is 5.32 Å². The van der Waals surface area contributed by atoms with Crippen LogP contribution in [-0.2, 0) is 36.9 Å². The molecule has 0 saturated heterocycles. The van der Waals surface area contributed by atoms with Crippen molar-refractivity contribution in [2.75, 3.05) is 5.32 Å². The number of nitrogens with one attached hydrogen (secondary N) is 1. The Morgan fingerprint density at radius 2 is 2.03 bits per heavy atom. The number of amides is 1. The van der Waals surface area contributed by atoms with E-state index in [4.69, 9.17) is 4.98 Å². The van der Waals surface area contributed by atoms with E-state index in [1.807, 2.05) is 36.6 Å². The molecule has 0 spiro atoms. The number of carbonyl (C=O) groups excluding carboxylic acids is 1. The Kier molecular flexibility index (Phi) is 6.36. The highest BCUT2D eigenvalue weighted by molar-refractivity contribution is 7.98. The molecule has 33 heavy (non-hydrogen) atoms. The Balaban J connectivity index is 1.27. The molecule has 3 aromatic heterocycles. The Labute approximate surface area is 204 Å². The second kappa shape index (κ2) is 9.40. The number of carbonyl (C=O) groups is 1. The van der Waals surface area contributed by atoms with Gasteiger partial charge in [-0.2, -0.15) is 0 Å². The normalized spacial score (nSPS) is 13.3. The van der Waals surface area contributed by atoms with Crippen LogP contribution < -0.4 is 10.9 Å². The molecule has 0 bridgehead atoms. The number of aryl methyl sites for hydroxylation is 3. The summed E-state index contributed by atoms with van der Waals surface area (Å²) in [6.45, 7) is 1.97. The Morgan fingerprint density at radius 3 is 2.88 bits per heavy atom. The average molecular weight is 497 g/mol. The molecule has 1 N–H and O–H groups in total. The van der Waals surface area contributed by atoms with Crippen molar-refractivity contribution in [3.63, 3.8) is 0 Å². The fourth-order valence-electron chi connectivity index (χ4n) is 4.08. The molecule has 6 nitrogen and oxygen atoms in total. The number of thioether (sulfide) groups is 1. The molecule has 9 heteroatoms. The van der Waals surface area contributed by atoms with E-state index in [0.717, 1.165) is 51.4 Å². The molecular formula is C24H24N4O2S3. The predicted octanol–water partition coefficient (Wildman–Crippen LogP) is 5.11. The molecular weight excluding hydrogens is 472 g/mol. The summed E-state index contributed by atoms with van der Waals surface area (Å²) in [4.78, 5) is 37.1. The Morgan fingerprint density at radius 1 is 1.21 bits per heavy atom. The zero-order valence-electron chi connectivity index (χ0n) is 18.5. The van der Waals surface area contributed by atoms with Crippen LogP contribution in [-0.4, -0.2) is 20.4 Å². The van der Waals surface area contributed by atoms with Gasteiger partial charge in [-0.05, 0) is 49.8 Å². The van der Waals surface area contributed by atoms with E-state index in [1.54, 1.807) is 23.0 Å². The molecule has 0 saturated carbocycles. The zero-order chi connectivity index (χ0) is 22.9. The molecule has 1 aliphatic rings. The van der Waals surface area contributed by atoms with Crippen molar-refractivity contribution >= 4 is 56.2 Å². The van der Waals surface area contributed by atoms with Crippen LogP contribution in [0.4, 0.5) is 5.69 Å². The molecule has 1 aliphatic carbocycles. The Bertz CT molecular complexity index is 1400. The maximum atomic E-state index is 13.1. The minimum absolute atomic E-state index is 0.0498. The third kappa shape index (κ3) is 4.62. The van der Waals surface area contributed by atoms with Crippen LogP contribution in [0, 0.1) is 6.92 Å². The summed E-state index contributed by atoms with van der Waals surface area (Å²) in [5.74, 6) is 0.529. The number of nitrogens with zero attached hydrogens (tertiary/aromatic N) is 3. The number of fused-ring (bicyclic) bond motifs is 3. The number of anilines is 1. The molecule has 0 fully saturated rings. The average Bonchev–Trinajstić information content (AvgIpc) is 3.40. The van der Waals surface area contributed by atoms with Gasteiger partial charge in [-0.1, -0.05) is 30.0 Å². The number of rotatable bonds is 6. The SMILES string of the molecule is Cc1ccccc1NC(=O)Cc1nc(CSc2nc3sc4c(c3c(=O)n2C)CCCC4)cs1. The lowest BCUT2D eigenvalue weighted by Crippen LogP contribution is -2.20. The predicted molar refractivity (Wildman–Crippen MR) is 137 cm³/mol. The monoisotopic (exact) mass is 496 g/mol. The van der Waals surface area contributed by atoms with Gasteiger partial charge >= 0.3 is 0 Å². The number of thiazole rings is 1. The number of benzene rings is 1. The molecule has 4 aromatic rings. The minimum Gasteiger partial charge on any atom is -0.325 e. The van der Waals surface area contributed by atoms with Crippen LogP contribution in [0.25, 0.3) is 10.2 Å². The molecule has 3 heterocycles. The molecule has 1 amide bonds. The molecule has 0 aliphatic heterocycles. The lowest BCUT2D eigenvalue weighted by atomic mass is 9.97. The third-order valence-corrected chi connectivity index (χ3v) is 8.98. The molecule has 0 atom stereocenters. The summed E-state index contributed by atoms with van der Waals surface area (Å²) in [7, 11) is 1.80. The van der Waals surface area contributed by atoms with E-state index in [1.165, 1.54) is 40.0 Å². The van der Waals surface area contributed by atoms with Crippen LogP contribution in [0.15, 0.2) is 39.6 Å². The summed E-state index contributed by atoms with van der Waals surface area (Å²) in [6, 6.07) is 7.73. The van der Waals surface area contributed by atoms with Crippen LogP contribution >= 0.6 is 34.4 Å². The first-order valence-electron chi connectivity index (χ1n) is 10.9. The number of aromatic nitrogens is 3. The van der Waals surface area contributed by atoms with Gasteiger partial charge in [0.15, 0.2) is 5.16 Å². The lowest BCUT2D eigenvalue weighted by molar-refractivity contribution is -0.115. The lowest BCUT2D eigenvalue weighted by Gasteiger charge is -2.10. The fourth-order valence-corrected chi connectivity index (χ4v) is 7.14. The van der Waals surface area contributed by atoms with Crippen LogP contribution in [0.5, 0.6) is 0 Å². The molecule has 0 unspecified atom stereocenters. The number of hydrogen-bond donors (Lipinski definition) is 1. The first kappa shape index (κ1) is 22.3. The number of thiophene rings is 1. The summed E-state index contributed by atoms with van der Waals surface area (Å²) >= 11 is 4.67. The third-order valence-electron chi connectivity index (χ3n) is 5.83. The van der Waals surface area contributed by atoms with E-state index in [9.17, 15) is 9.59 Å². The molecule has 5 rings (SSSR count). The van der Waals surface area contributed by atoms with Gasteiger partial charge in [0.25, 0.3) is 5.56 Å². The first-order chi connectivity index (χ1) is 16.0. The maximum absolute atomic E-state index is 13.1. The fraction of sp³-hybridized carbons (Fsp3) is 0.333. The van der Waals surface area contributed by atoms with E-state index in [-0.39, 0.29) is 17.9 Å². The standard InChI is InChI=1S/C24H24N4O2S3/c1-14-7-3-5-9-17(14)26-19(29)11-20-25-15(12-31-20)13-32-24-27-22-21(23(30)28(24)2)16-8-4-6-10-18(16)33-22/h3,5,7,9,12H,4,6,8,10-11,13H2,1-2H3,(H,26,29). The second-order valence-electron chi connectivity index (χ2n) is 8.21. The van der Waals surface area contributed by atoms with Gasteiger partial charge in [0.05, 0.1) is 17.5 Å². The van der Waals surface area contributed by atoms with Crippen molar-refractivity contribution < 1.29 is 4.79 Å². The van der Waals surface area contributed by atoms with Gasteiger partial charge in [-0.15, -0.1) is 22.7 Å². The van der Waals surface area contributed by atoms with Crippen LogP contribution in [0.1, 0.15) is 39.5 Å². The number of para-hydroxylation sites is 1. The largest absolute Gasteiger partial charge is 0.325 e. The van der Waals surface area contributed by atoms with Gasteiger partial charge in [-0.3, -0.25) is 14.2 Å². The molecule has 1 aromatic carbocycles. The van der Waals surface area contributed by atoms with Crippen molar-refractivity contribution in [1.82, 2.24) is 14.5 Å².